The number of hydrogen-bond acceptors (Lipinski definition) is 3. The number of alkyl halides is 1. The Labute approximate surface area is 131 Å². The highest BCUT2D eigenvalue weighted by Crippen LogP contribution is 2.24. The van der Waals surface area contributed by atoms with E-state index in [0.29, 0.717) is 12.7 Å². The van der Waals surface area contributed by atoms with E-state index in [2.05, 4.69) is 53.4 Å². The number of halogens is 2. The minimum absolute atomic E-state index is 0.415. The van der Waals surface area contributed by atoms with Gasteiger partial charge in [0.15, 0.2) is 0 Å². The summed E-state index contributed by atoms with van der Waals surface area (Å²) in [5, 5.41) is 0.732. The lowest BCUT2D eigenvalue weighted by Crippen LogP contribution is -2.24. The van der Waals surface area contributed by atoms with E-state index in [9.17, 15) is 0 Å². The molecule has 3 nitrogen and oxygen atoms in total. The Kier molecular flexibility index (Phi) is 8.89. The standard InChI is InChI=1S/C9H10BrNO.C5H7BrO/c10-7-4-5-9(11-6-7)12-8-2-1-3-8;1-7-5-3-2-4-6/h4-6,8H,1-3H2;4-5H2,1H3. The van der Waals surface area contributed by atoms with Crippen molar-refractivity contribution in [3.05, 3.63) is 22.8 Å². The molecule has 0 spiro atoms. The summed E-state index contributed by atoms with van der Waals surface area (Å²) in [6, 6.07) is 3.84. The molecular formula is C14H17Br2NO2. The van der Waals surface area contributed by atoms with Gasteiger partial charge in [0.2, 0.25) is 5.88 Å². The molecule has 1 heterocycles. The molecule has 1 saturated carbocycles. The second kappa shape index (κ2) is 10.2. The Morgan fingerprint density at radius 3 is 2.63 bits per heavy atom. The molecule has 104 valence electrons. The largest absolute Gasteiger partial charge is 0.474 e. The quantitative estimate of drug-likeness (QED) is 0.580. The fourth-order valence-electron chi connectivity index (χ4n) is 1.26. The predicted octanol–water partition coefficient (Wildman–Crippen LogP) is 3.81. The number of nitrogens with zero attached hydrogens (tertiary/aromatic N) is 1. The van der Waals surface area contributed by atoms with Gasteiger partial charge in [-0.2, -0.15) is 0 Å². The molecule has 0 bridgehead atoms. The van der Waals surface area contributed by atoms with Gasteiger partial charge in [0.05, 0.1) is 5.33 Å². The molecule has 1 aliphatic carbocycles. The summed E-state index contributed by atoms with van der Waals surface area (Å²) in [5.41, 5.74) is 0. The van der Waals surface area contributed by atoms with Gasteiger partial charge in [0.25, 0.3) is 0 Å². The summed E-state index contributed by atoms with van der Waals surface area (Å²) in [6.45, 7) is 0.533. The Bertz CT molecular complexity index is 408. The summed E-state index contributed by atoms with van der Waals surface area (Å²) in [6.07, 6.45) is 5.82. The van der Waals surface area contributed by atoms with Crippen molar-refractivity contribution in [3.8, 4) is 17.7 Å². The van der Waals surface area contributed by atoms with Crippen molar-refractivity contribution in [2.75, 3.05) is 19.0 Å². The first-order valence-electron chi connectivity index (χ1n) is 6.05. The van der Waals surface area contributed by atoms with Crippen LogP contribution in [0, 0.1) is 11.8 Å². The van der Waals surface area contributed by atoms with Crippen molar-refractivity contribution in [2.24, 2.45) is 0 Å². The van der Waals surface area contributed by atoms with E-state index >= 15 is 0 Å². The van der Waals surface area contributed by atoms with Crippen molar-refractivity contribution in [1.82, 2.24) is 4.98 Å². The van der Waals surface area contributed by atoms with E-state index in [1.54, 1.807) is 13.3 Å². The van der Waals surface area contributed by atoms with E-state index in [1.165, 1.54) is 19.3 Å². The lowest BCUT2D eigenvalue weighted by atomic mass is 9.96. The van der Waals surface area contributed by atoms with Crippen molar-refractivity contribution < 1.29 is 9.47 Å². The number of rotatable bonds is 3. The Balaban J connectivity index is 0.000000224. The molecule has 0 unspecified atom stereocenters. The molecule has 0 saturated heterocycles. The summed E-state index contributed by atoms with van der Waals surface area (Å²) in [4.78, 5) is 4.13. The Hall–Kier alpha value is -0.570. The van der Waals surface area contributed by atoms with Crippen molar-refractivity contribution in [3.63, 3.8) is 0 Å². The molecule has 0 amide bonds. The molecule has 0 aromatic carbocycles. The molecule has 1 aromatic heterocycles. The van der Waals surface area contributed by atoms with Gasteiger partial charge in [0.1, 0.15) is 12.7 Å². The smallest absolute Gasteiger partial charge is 0.213 e. The van der Waals surface area contributed by atoms with Crippen LogP contribution in [0.1, 0.15) is 19.3 Å². The van der Waals surface area contributed by atoms with Gasteiger partial charge in [-0.1, -0.05) is 27.8 Å². The Morgan fingerprint density at radius 1 is 1.37 bits per heavy atom. The van der Waals surface area contributed by atoms with E-state index in [-0.39, 0.29) is 0 Å². The van der Waals surface area contributed by atoms with Gasteiger partial charge >= 0.3 is 0 Å². The maximum Gasteiger partial charge on any atom is 0.213 e. The van der Waals surface area contributed by atoms with Gasteiger partial charge in [-0.15, -0.1) is 0 Å². The number of aromatic nitrogens is 1. The molecule has 0 N–H and O–H groups in total. The SMILES string of the molecule is Brc1ccc(OC2CCC2)nc1.COCC#CCBr. The highest BCUT2D eigenvalue weighted by atomic mass is 79.9. The molecule has 0 aliphatic heterocycles. The topological polar surface area (TPSA) is 31.4 Å². The van der Waals surface area contributed by atoms with E-state index in [0.717, 1.165) is 15.7 Å². The lowest BCUT2D eigenvalue weighted by Gasteiger charge is -2.25. The fourth-order valence-corrected chi connectivity index (χ4v) is 1.69. The molecule has 19 heavy (non-hydrogen) atoms. The first-order chi connectivity index (χ1) is 9.26. The molecule has 1 fully saturated rings. The van der Waals surface area contributed by atoms with Gasteiger partial charge in [-0.25, -0.2) is 4.98 Å². The Morgan fingerprint density at radius 2 is 2.16 bits per heavy atom. The minimum Gasteiger partial charge on any atom is -0.474 e. The van der Waals surface area contributed by atoms with Crippen LogP contribution in [0.25, 0.3) is 0 Å². The number of pyridine rings is 1. The number of methoxy groups -OCH3 is 1. The zero-order valence-corrected chi connectivity index (χ0v) is 14.0. The van der Waals surface area contributed by atoms with Crippen LogP contribution in [-0.2, 0) is 4.74 Å². The third-order valence-electron chi connectivity index (χ3n) is 2.45. The highest BCUT2D eigenvalue weighted by molar-refractivity contribution is 9.10. The zero-order valence-electron chi connectivity index (χ0n) is 10.9. The fraction of sp³-hybridized carbons (Fsp3) is 0.500. The number of hydrogen-bond donors (Lipinski definition) is 0. The molecule has 0 atom stereocenters. The monoisotopic (exact) mass is 389 g/mol. The maximum absolute atomic E-state index is 5.57. The van der Waals surface area contributed by atoms with E-state index < -0.39 is 0 Å². The minimum atomic E-state index is 0.415. The van der Waals surface area contributed by atoms with Crippen LogP contribution in [0.15, 0.2) is 22.8 Å². The summed E-state index contributed by atoms with van der Waals surface area (Å²) in [5.74, 6) is 6.30. The summed E-state index contributed by atoms with van der Waals surface area (Å²) >= 11 is 6.48. The van der Waals surface area contributed by atoms with Gasteiger partial charge in [-0.3, -0.25) is 0 Å². The molecule has 5 heteroatoms. The van der Waals surface area contributed by atoms with Crippen LogP contribution >= 0.6 is 31.9 Å². The van der Waals surface area contributed by atoms with Crippen molar-refractivity contribution in [1.29, 1.82) is 0 Å². The summed E-state index contributed by atoms with van der Waals surface area (Å²) in [7, 11) is 1.63. The van der Waals surface area contributed by atoms with Crippen LogP contribution in [0.4, 0.5) is 0 Å². The van der Waals surface area contributed by atoms with Crippen LogP contribution in [0.3, 0.4) is 0 Å². The normalized spacial score (nSPS) is 13.4. The average molecular weight is 391 g/mol. The van der Waals surface area contributed by atoms with Crippen molar-refractivity contribution >= 4 is 31.9 Å². The van der Waals surface area contributed by atoms with Gasteiger partial charge in [-0.05, 0) is 41.3 Å². The summed E-state index contributed by atoms with van der Waals surface area (Å²) < 4.78 is 11.2. The maximum atomic E-state index is 5.57. The van der Waals surface area contributed by atoms with E-state index in [4.69, 9.17) is 4.74 Å². The van der Waals surface area contributed by atoms with Crippen molar-refractivity contribution in [2.45, 2.75) is 25.4 Å². The highest BCUT2D eigenvalue weighted by Gasteiger charge is 2.19. The second-order valence-electron chi connectivity index (χ2n) is 3.91. The first kappa shape index (κ1) is 16.5. The van der Waals surface area contributed by atoms with Gasteiger partial charge in [0, 0.05) is 23.8 Å². The second-order valence-corrected chi connectivity index (χ2v) is 5.38. The average Bonchev–Trinajstić information content (AvgIpc) is 2.37. The predicted molar refractivity (Wildman–Crippen MR) is 83.7 cm³/mol. The first-order valence-corrected chi connectivity index (χ1v) is 7.96. The van der Waals surface area contributed by atoms with Crippen LogP contribution in [-0.4, -0.2) is 30.1 Å². The molecular weight excluding hydrogens is 374 g/mol. The zero-order chi connectivity index (χ0) is 13.9. The molecule has 0 radical (unpaired) electrons. The van der Waals surface area contributed by atoms with Crippen LogP contribution < -0.4 is 4.74 Å². The third kappa shape index (κ3) is 7.56. The molecule has 2 rings (SSSR count). The van der Waals surface area contributed by atoms with Crippen LogP contribution in [0.2, 0.25) is 0 Å². The van der Waals surface area contributed by atoms with Crippen LogP contribution in [0.5, 0.6) is 5.88 Å². The van der Waals surface area contributed by atoms with Gasteiger partial charge < -0.3 is 9.47 Å². The number of ether oxygens (including phenoxy) is 2. The lowest BCUT2D eigenvalue weighted by molar-refractivity contribution is 0.114. The molecule has 1 aromatic rings. The van der Waals surface area contributed by atoms with E-state index in [1.807, 2.05) is 12.1 Å². The molecule has 1 aliphatic rings. The third-order valence-corrected chi connectivity index (χ3v) is 3.20.